The minimum absolute atomic E-state index is 0.0288. The highest BCUT2D eigenvalue weighted by Gasteiger charge is 2.27. The van der Waals surface area contributed by atoms with Gasteiger partial charge >= 0.3 is 0 Å². The van der Waals surface area contributed by atoms with Gasteiger partial charge in [0.25, 0.3) is 0 Å². The number of para-hydroxylation sites is 1. The number of hydrogen-bond donors (Lipinski definition) is 1. The number of H-pyrrole nitrogens is 1. The summed E-state index contributed by atoms with van der Waals surface area (Å²) in [6.45, 7) is 7.55. The minimum atomic E-state index is -0.0288. The van der Waals surface area contributed by atoms with Crippen molar-refractivity contribution >= 4 is 27.5 Å². The first-order valence-corrected chi connectivity index (χ1v) is 12.3. The Kier molecular flexibility index (Phi) is 5.46. The fourth-order valence-corrected chi connectivity index (χ4v) is 5.16. The molecule has 0 bridgehead atoms. The minimum Gasteiger partial charge on any atom is -0.486 e. The van der Waals surface area contributed by atoms with Crippen molar-refractivity contribution in [2.45, 2.75) is 39.2 Å². The molecule has 174 valence electrons. The summed E-state index contributed by atoms with van der Waals surface area (Å²) in [6.07, 6.45) is 7.24. The number of aromatic nitrogens is 3. The van der Waals surface area contributed by atoms with E-state index in [9.17, 15) is 0 Å². The van der Waals surface area contributed by atoms with Crippen LogP contribution in [-0.4, -0.2) is 52.2 Å². The zero-order valence-corrected chi connectivity index (χ0v) is 19.8. The van der Waals surface area contributed by atoms with Crippen molar-refractivity contribution in [3.05, 3.63) is 65.6 Å². The summed E-state index contributed by atoms with van der Waals surface area (Å²) < 4.78 is 12.6. The maximum absolute atomic E-state index is 6.48. The van der Waals surface area contributed by atoms with Crippen molar-refractivity contribution in [3.8, 4) is 11.5 Å². The van der Waals surface area contributed by atoms with Crippen LogP contribution in [0.1, 0.15) is 37.2 Å². The monoisotopic (exact) mass is 454 g/mol. The number of hydrogen-bond acceptors (Lipinski definition) is 5. The van der Waals surface area contributed by atoms with E-state index < -0.39 is 0 Å². The third-order valence-corrected chi connectivity index (χ3v) is 6.98. The first kappa shape index (κ1) is 21.2. The average molecular weight is 455 g/mol. The van der Waals surface area contributed by atoms with Gasteiger partial charge < -0.3 is 14.5 Å². The second-order valence-electron chi connectivity index (χ2n) is 9.12. The lowest BCUT2D eigenvalue weighted by molar-refractivity contribution is 0.0630. The summed E-state index contributed by atoms with van der Waals surface area (Å²) in [4.78, 5) is 15.6. The van der Waals surface area contributed by atoms with Gasteiger partial charge in [0.2, 0.25) is 0 Å². The Hall–Kier alpha value is -3.38. The molecule has 4 aromatic rings. The van der Waals surface area contributed by atoms with E-state index >= 15 is 0 Å². The molecule has 0 saturated carbocycles. The van der Waals surface area contributed by atoms with Crippen molar-refractivity contribution in [1.82, 2.24) is 19.9 Å². The van der Waals surface area contributed by atoms with Gasteiger partial charge in [-0.1, -0.05) is 38.1 Å². The largest absolute Gasteiger partial charge is 0.486 e. The molecule has 6 heteroatoms. The van der Waals surface area contributed by atoms with Gasteiger partial charge in [-0.15, -0.1) is 0 Å². The summed E-state index contributed by atoms with van der Waals surface area (Å²) in [6, 6.07) is 12.5. The standard InChI is InChI=1S/C28H30N4O2/c1-3-22-23(4-2)31-27-25(30-22)9-10-26-28(27)34-19(17-33-26)16-32-13-11-18(12-14-32)21-15-29-24-8-6-5-7-20(21)24/h5-11,15,19,29H,3-4,12-14,16-17H2,1-2H3. The zero-order chi connectivity index (χ0) is 23.1. The van der Waals surface area contributed by atoms with Gasteiger partial charge in [-0.25, -0.2) is 9.97 Å². The van der Waals surface area contributed by atoms with E-state index in [1.165, 1.54) is 22.0 Å². The highest BCUT2D eigenvalue weighted by Crippen LogP contribution is 2.38. The van der Waals surface area contributed by atoms with E-state index in [1.807, 2.05) is 12.1 Å². The van der Waals surface area contributed by atoms with E-state index in [0.717, 1.165) is 72.8 Å². The van der Waals surface area contributed by atoms with Crippen LogP contribution in [0.2, 0.25) is 0 Å². The Morgan fingerprint density at radius 2 is 1.91 bits per heavy atom. The van der Waals surface area contributed by atoms with Crippen LogP contribution in [0.4, 0.5) is 0 Å². The molecule has 1 atom stereocenters. The van der Waals surface area contributed by atoms with Crippen LogP contribution < -0.4 is 9.47 Å². The molecule has 2 aromatic carbocycles. The summed E-state index contributed by atoms with van der Waals surface area (Å²) in [5.41, 5.74) is 7.73. The van der Waals surface area contributed by atoms with E-state index in [0.29, 0.717) is 6.61 Å². The Morgan fingerprint density at radius 1 is 1.06 bits per heavy atom. The van der Waals surface area contributed by atoms with Crippen LogP contribution >= 0.6 is 0 Å². The first-order chi connectivity index (χ1) is 16.7. The van der Waals surface area contributed by atoms with Crippen LogP contribution in [0.25, 0.3) is 27.5 Å². The molecule has 0 radical (unpaired) electrons. The molecule has 0 fully saturated rings. The van der Waals surface area contributed by atoms with Gasteiger partial charge in [-0.2, -0.15) is 0 Å². The van der Waals surface area contributed by atoms with Gasteiger partial charge in [0.15, 0.2) is 11.5 Å². The number of nitrogens with zero attached hydrogens (tertiary/aromatic N) is 3. The Morgan fingerprint density at radius 3 is 2.74 bits per heavy atom. The van der Waals surface area contributed by atoms with E-state index in [-0.39, 0.29) is 6.10 Å². The maximum Gasteiger partial charge on any atom is 0.189 e. The lowest BCUT2D eigenvalue weighted by Gasteiger charge is -2.33. The van der Waals surface area contributed by atoms with Crippen LogP contribution in [0.3, 0.4) is 0 Å². The predicted octanol–water partition coefficient (Wildman–Crippen LogP) is 5.17. The lowest BCUT2D eigenvalue weighted by Crippen LogP contribution is -2.42. The molecule has 0 saturated heterocycles. The summed E-state index contributed by atoms with van der Waals surface area (Å²) in [7, 11) is 0. The first-order valence-electron chi connectivity index (χ1n) is 12.3. The smallest absolute Gasteiger partial charge is 0.189 e. The molecule has 4 heterocycles. The van der Waals surface area contributed by atoms with Crippen molar-refractivity contribution < 1.29 is 9.47 Å². The van der Waals surface area contributed by atoms with Crippen molar-refractivity contribution in [2.24, 2.45) is 0 Å². The molecule has 6 nitrogen and oxygen atoms in total. The van der Waals surface area contributed by atoms with Gasteiger partial charge in [-0.3, -0.25) is 4.90 Å². The van der Waals surface area contributed by atoms with Crippen LogP contribution in [0.15, 0.2) is 48.7 Å². The Balaban J connectivity index is 1.19. The molecule has 2 aromatic heterocycles. The van der Waals surface area contributed by atoms with Crippen LogP contribution in [-0.2, 0) is 12.8 Å². The predicted molar refractivity (Wildman–Crippen MR) is 136 cm³/mol. The molecule has 1 unspecified atom stereocenters. The fraction of sp³-hybridized carbons (Fsp3) is 0.357. The second-order valence-corrected chi connectivity index (χ2v) is 9.12. The number of aryl methyl sites for hydroxylation is 2. The van der Waals surface area contributed by atoms with Crippen molar-refractivity contribution in [1.29, 1.82) is 0 Å². The molecule has 34 heavy (non-hydrogen) atoms. The number of benzene rings is 2. The topological polar surface area (TPSA) is 63.3 Å². The number of aromatic amines is 1. The van der Waals surface area contributed by atoms with Gasteiger partial charge in [0.1, 0.15) is 18.2 Å². The second kappa shape index (κ2) is 8.76. The SMILES string of the molecule is CCc1nc2ccc3c(c2nc1CC)OC(CN1CC=C(c2c[nH]c4ccccc24)CC1)CO3. The Bertz CT molecular complexity index is 1390. The molecule has 6 rings (SSSR count). The Labute approximate surface area is 199 Å². The van der Waals surface area contributed by atoms with E-state index in [1.54, 1.807) is 0 Å². The van der Waals surface area contributed by atoms with Gasteiger partial charge in [-0.05, 0) is 43.0 Å². The van der Waals surface area contributed by atoms with Crippen LogP contribution in [0, 0.1) is 0 Å². The lowest BCUT2D eigenvalue weighted by atomic mass is 9.99. The van der Waals surface area contributed by atoms with Crippen LogP contribution in [0.5, 0.6) is 11.5 Å². The molecule has 0 amide bonds. The maximum atomic E-state index is 6.48. The van der Waals surface area contributed by atoms with Crippen molar-refractivity contribution in [3.63, 3.8) is 0 Å². The van der Waals surface area contributed by atoms with E-state index in [4.69, 9.17) is 19.4 Å². The van der Waals surface area contributed by atoms with E-state index in [2.05, 4.69) is 60.3 Å². The molecular formula is C28H30N4O2. The average Bonchev–Trinajstić information content (AvgIpc) is 3.32. The normalized spacial score (nSPS) is 18.4. The number of ether oxygens (including phenoxy) is 2. The van der Waals surface area contributed by atoms with Gasteiger partial charge in [0.05, 0.1) is 16.9 Å². The molecule has 0 spiro atoms. The molecule has 2 aliphatic heterocycles. The summed E-state index contributed by atoms with van der Waals surface area (Å²) in [5.74, 6) is 1.51. The summed E-state index contributed by atoms with van der Waals surface area (Å²) >= 11 is 0. The molecular weight excluding hydrogens is 424 g/mol. The molecule has 2 aliphatic rings. The zero-order valence-electron chi connectivity index (χ0n) is 19.8. The highest BCUT2D eigenvalue weighted by molar-refractivity contribution is 5.92. The fourth-order valence-electron chi connectivity index (χ4n) is 5.16. The van der Waals surface area contributed by atoms with Crippen molar-refractivity contribution in [2.75, 3.05) is 26.2 Å². The van der Waals surface area contributed by atoms with Gasteiger partial charge in [0, 0.05) is 42.3 Å². The number of nitrogens with one attached hydrogen (secondary N) is 1. The third kappa shape index (κ3) is 3.72. The number of rotatable bonds is 5. The molecule has 1 N–H and O–H groups in total. The number of fused-ring (bicyclic) bond motifs is 4. The highest BCUT2D eigenvalue weighted by atomic mass is 16.6. The quantitative estimate of drug-likeness (QED) is 0.451. The third-order valence-electron chi connectivity index (χ3n) is 6.98. The molecule has 0 aliphatic carbocycles. The summed E-state index contributed by atoms with van der Waals surface area (Å²) in [5, 5.41) is 1.30.